The van der Waals surface area contributed by atoms with Crippen LogP contribution in [0.3, 0.4) is 0 Å². The summed E-state index contributed by atoms with van der Waals surface area (Å²) in [6.45, 7) is 5.89. The summed E-state index contributed by atoms with van der Waals surface area (Å²) in [6.07, 6.45) is 3.20. The maximum atomic E-state index is 12.4. The van der Waals surface area contributed by atoms with Crippen molar-refractivity contribution in [3.8, 4) is 0 Å². The second kappa shape index (κ2) is 6.04. The van der Waals surface area contributed by atoms with Crippen LogP contribution in [0.15, 0.2) is 15.9 Å². The zero-order valence-corrected chi connectivity index (χ0v) is 12.0. The van der Waals surface area contributed by atoms with Crippen molar-refractivity contribution in [3.63, 3.8) is 0 Å². The van der Waals surface area contributed by atoms with Crippen LogP contribution in [0.5, 0.6) is 0 Å². The highest BCUT2D eigenvalue weighted by atomic mass is 16.2. The molecule has 0 aliphatic rings. The predicted octanol–water partition coefficient (Wildman–Crippen LogP) is 0.138. The van der Waals surface area contributed by atoms with Gasteiger partial charge in [0.15, 0.2) is 11.2 Å². The molecule has 2 aromatic heterocycles. The van der Waals surface area contributed by atoms with Crippen molar-refractivity contribution in [3.05, 3.63) is 27.2 Å². The van der Waals surface area contributed by atoms with E-state index in [-0.39, 0.29) is 11.2 Å². The van der Waals surface area contributed by atoms with Crippen molar-refractivity contribution in [1.82, 2.24) is 18.7 Å². The summed E-state index contributed by atoms with van der Waals surface area (Å²) < 4.78 is 4.64. The van der Waals surface area contributed by atoms with Crippen LogP contribution in [-0.4, -0.2) is 25.2 Å². The summed E-state index contributed by atoms with van der Waals surface area (Å²) in [7, 11) is 0. The second-order valence-electron chi connectivity index (χ2n) is 4.74. The van der Waals surface area contributed by atoms with Gasteiger partial charge in [-0.3, -0.25) is 13.9 Å². The number of hydrogen-bond acceptors (Lipinski definition) is 4. The van der Waals surface area contributed by atoms with Gasteiger partial charge in [-0.25, -0.2) is 9.78 Å². The Morgan fingerprint density at radius 1 is 1.20 bits per heavy atom. The van der Waals surface area contributed by atoms with Crippen molar-refractivity contribution >= 4 is 11.2 Å². The lowest BCUT2D eigenvalue weighted by Gasteiger charge is -2.10. The van der Waals surface area contributed by atoms with Gasteiger partial charge >= 0.3 is 5.69 Å². The molecule has 0 atom stereocenters. The molecule has 0 aliphatic heterocycles. The van der Waals surface area contributed by atoms with Crippen LogP contribution < -0.4 is 17.0 Å². The third-order valence-corrected chi connectivity index (χ3v) is 3.35. The minimum absolute atomic E-state index is 0.269. The molecule has 2 rings (SSSR count). The summed E-state index contributed by atoms with van der Waals surface area (Å²) in [5.41, 5.74) is 5.93. The second-order valence-corrected chi connectivity index (χ2v) is 4.74. The molecule has 0 spiro atoms. The van der Waals surface area contributed by atoms with E-state index in [0.717, 1.165) is 12.8 Å². The van der Waals surface area contributed by atoms with Gasteiger partial charge in [-0.1, -0.05) is 6.92 Å². The molecule has 0 bridgehead atoms. The molecular formula is C13H21N5O2. The van der Waals surface area contributed by atoms with E-state index >= 15 is 0 Å². The van der Waals surface area contributed by atoms with Crippen molar-refractivity contribution in [2.24, 2.45) is 5.73 Å². The Bertz CT molecular complexity index is 710. The molecule has 0 saturated carbocycles. The molecule has 0 unspecified atom stereocenters. The standard InChI is InChI=1S/C13H21N5O2/c1-3-7-18-11-10(12(19)17(4-2)13(18)20)16(9-15-11)8-5-6-14/h9H,3-8,14H2,1-2H3. The van der Waals surface area contributed by atoms with E-state index in [1.54, 1.807) is 22.4 Å². The van der Waals surface area contributed by atoms with Crippen LogP contribution in [0.1, 0.15) is 26.7 Å². The van der Waals surface area contributed by atoms with Crippen molar-refractivity contribution in [2.75, 3.05) is 6.54 Å². The molecule has 20 heavy (non-hydrogen) atoms. The van der Waals surface area contributed by atoms with Gasteiger partial charge in [-0.2, -0.15) is 0 Å². The summed E-state index contributed by atoms with van der Waals surface area (Å²) >= 11 is 0. The lowest BCUT2D eigenvalue weighted by Crippen LogP contribution is -2.40. The molecule has 0 aromatic carbocycles. The number of nitrogens with zero attached hydrogens (tertiary/aromatic N) is 4. The summed E-state index contributed by atoms with van der Waals surface area (Å²) in [4.78, 5) is 29.0. The first kappa shape index (κ1) is 14.5. The van der Waals surface area contributed by atoms with Gasteiger partial charge in [0.05, 0.1) is 6.33 Å². The Labute approximate surface area is 116 Å². The van der Waals surface area contributed by atoms with Gasteiger partial charge in [0.1, 0.15) is 0 Å². The van der Waals surface area contributed by atoms with Gasteiger partial charge in [-0.05, 0) is 26.3 Å². The molecule has 2 N–H and O–H groups in total. The molecule has 0 amide bonds. The van der Waals surface area contributed by atoms with Crippen molar-refractivity contribution in [2.45, 2.75) is 46.3 Å². The van der Waals surface area contributed by atoms with E-state index in [9.17, 15) is 9.59 Å². The number of imidazole rings is 1. The van der Waals surface area contributed by atoms with Crippen LogP contribution in [-0.2, 0) is 19.6 Å². The van der Waals surface area contributed by atoms with E-state index in [1.165, 1.54) is 4.57 Å². The topological polar surface area (TPSA) is 87.8 Å². The third-order valence-electron chi connectivity index (χ3n) is 3.35. The highest BCUT2D eigenvalue weighted by molar-refractivity contribution is 5.70. The molecule has 0 radical (unpaired) electrons. The fourth-order valence-electron chi connectivity index (χ4n) is 2.37. The van der Waals surface area contributed by atoms with E-state index in [0.29, 0.717) is 37.3 Å². The summed E-state index contributed by atoms with van der Waals surface area (Å²) in [6, 6.07) is 0. The number of rotatable bonds is 6. The van der Waals surface area contributed by atoms with Crippen LogP contribution >= 0.6 is 0 Å². The van der Waals surface area contributed by atoms with Gasteiger partial charge < -0.3 is 10.3 Å². The predicted molar refractivity (Wildman–Crippen MR) is 77.9 cm³/mol. The average Bonchev–Trinajstić information content (AvgIpc) is 2.85. The van der Waals surface area contributed by atoms with Crippen LogP contribution in [0.4, 0.5) is 0 Å². The third kappa shape index (κ3) is 2.29. The maximum absolute atomic E-state index is 12.4. The molecule has 0 aliphatic carbocycles. The number of aryl methyl sites for hydroxylation is 2. The minimum Gasteiger partial charge on any atom is -0.330 e. The lowest BCUT2D eigenvalue weighted by atomic mass is 10.4. The zero-order chi connectivity index (χ0) is 14.7. The highest BCUT2D eigenvalue weighted by Gasteiger charge is 2.16. The molecule has 0 saturated heterocycles. The van der Waals surface area contributed by atoms with E-state index < -0.39 is 0 Å². The number of fused-ring (bicyclic) bond motifs is 1. The summed E-state index contributed by atoms with van der Waals surface area (Å²) in [5.74, 6) is 0. The zero-order valence-electron chi connectivity index (χ0n) is 12.0. The monoisotopic (exact) mass is 279 g/mol. The molecular weight excluding hydrogens is 258 g/mol. The number of hydrogen-bond donors (Lipinski definition) is 1. The Kier molecular flexibility index (Phi) is 4.39. The van der Waals surface area contributed by atoms with E-state index in [2.05, 4.69) is 4.98 Å². The highest BCUT2D eigenvalue weighted by Crippen LogP contribution is 2.08. The van der Waals surface area contributed by atoms with Gasteiger partial charge in [0.25, 0.3) is 5.56 Å². The molecule has 2 aromatic rings. The lowest BCUT2D eigenvalue weighted by molar-refractivity contribution is 0.576. The largest absolute Gasteiger partial charge is 0.332 e. The fraction of sp³-hybridized carbons (Fsp3) is 0.615. The smallest absolute Gasteiger partial charge is 0.330 e. The average molecular weight is 279 g/mol. The minimum atomic E-state index is -0.282. The van der Waals surface area contributed by atoms with Crippen molar-refractivity contribution in [1.29, 1.82) is 0 Å². The van der Waals surface area contributed by atoms with Gasteiger partial charge in [0.2, 0.25) is 0 Å². The molecule has 7 nitrogen and oxygen atoms in total. The van der Waals surface area contributed by atoms with Crippen LogP contribution in [0.25, 0.3) is 11.2 Å². The normalized spacial score (nSPS) is 11.3. The first-order chi connectivity index (χ1) is 9.65. The number of aromatic nitrogens is 4. The summed E-state index contributed by atoms with van der Waals surface area (Å²) in [5, 5.41) is 0. The fourth-order valence-corrected chi connectivity index (χ4v) is 2.37. The molecule has 110 valence electrons. The van der Waals surface area contributed by atoms with Gasteiger partial charge in [-0.15, -0.1) is 0 Å². The van der Waals surface area contributed by atoms with Crippen molar-refractivity contribution < 1.29 is 0 Å². The first-order valence-corrected chi connectivity index (χ1v) is 7.04. The van der Waals surface area contributed by atoms with Gasteiger partial charge in [0, 0.05) is 19.6 Å². The number of nitrogens with two attached hydrogens (primary N) is 1. The first-order valence-electron chi connectivity index (χ1n) is 7.04. The molecule has 0 fully saturated rings. The molecule has 2 heterocycles. The Hall–Kier alpha value is -1.89. The Morgan fingerprint density at radius 2 is 1.95 bits per heavy atom. The Balaban J connectivity index is 2.76. The maximum Gasteiger partial charge on any atom is 0.332 e. The Morgan fingerprint density at radius 3 is 2.55 bits per heavy atom. The quantitative estimate of drug-likeness (QED) is 0.814. The SMILES string of the molecule is CCCn1c(=O)n(CC)c(=O)c2c1ncn2CCCN. The van der Waals surface area contributed by atoms with Crippen LogP contribution in [0.2, 0.25) is 0 Å². The van der Waals surface area contributed by atoms with Crippen LogP contribution in [0, 0.1) is 0 Å². The molecule has 7 heteroatoms. The van der Waals surface area contributed by atoms with E-state index in [4.69, 9.17) is 5.73 Å². The van der Waals surface area contributed by atoms with E-state index in [1.807, 2.05) is 6.92 Å².